The molecule has 0 saturated heterocycles. The lowest BCUT2D eigenvalue weighted by Crippen LogP contribution is -2.18. The summed E-state index contributed by atoms with van der Waals surface area (Å²) in [6, 6.07) is 25.9. The summed E-state index contributed by atoms with van der Waals surface area (Å²) < 4.78 is 20.8. The second-order valence-electron chi connectivity index (χ2n) is 7.95. The van der Waals surface area contributed by atoms with E-state index < -0.39 is 0 Å². The molecule has 0 aliphatic rings. The van der Waals surface area contributed by atoms with Crippen molar-refractivity contribution in [1.29, 1.82) is 0 Å². The van der Waals surface area contributed by atoms with Gasteiger partial charge in [-0.05, 0) is 46.7 Å². The number of nitrogens with one attached hydrogen (secondary N) is 1. The Labute approximate surface area is 196 Å². The first-order valence-electron chi connectivity index (χ1n) is 10.8. The molecule has 5 nitrogen and oxygen atoms in total. The Bertz CT molecular complexity index is 1520. The van der Waals surface area contributed by atoms with E-state index in [0.29, 0.717) is 17.9 Å². The minimum absolute atomic E-state index is 0.257. The Kier molecular flexibility index (Phi) is 5.79. The topological polar surface area (TPSA) is 55.6 Å². The molecule has 5 aromatic rings. The number of methoxy groups -OCH3 is 1. The first-order valence-corrected chi connectivity index (χ1v) is 10.8. The molecule has 34 heavy (non-hydrogen) atoms. The van der Waals surface area contributed by atoms with Crippen molar-refractivity contribution in [3.63, 3.8) is 0 Å². The number of amides is 1. The van der Waals surface area contributed by atoms with Crippen LogP contribution in [0.5, 0.6) is 5.75 Å². The zero-order chi connectivity index (χ0) is 23.5. The van der Waals surface area contributed by atoms with Crippen LogP contribution in [-0.2, 0) is 6.54 Å². The monoisotopic (exact) mass is 451 g/mol. The van der Waals surface area contributed by atoms with E-state index >= 15 is 0 Å². The average molecular weight is 452 g/mol. The second-order valence-corrected chi connectivity index (χ2v) is 7.95. The highest BCUT2D eigenvalue weighted by atomic mass is 19.1. The van der Waals surface area contributed by atoms with Crippen LogP contribution in [0.2, 0.25) is 0 Å². The number of hydrogen-bond acceptors (Lipinski definition) is 3. The van der Waals surface area contributed by atoms with Gasteiger partial charge in [-0.2, -0.15) is 5.10 Å². The van der Waals surface area contributed by atoms with E-state index in [0.717, 1.165) is 32.8 Å². The molecule has 0 fully saturated rings. The molecular weight excluding hydrogens is 429 g/mol. The van der Waals surface area contributed by atoms with Gasteiger partial charge in [0.2, 0.25) is 0 Å². The number of hydrogen-bond donors (Lipinski definition) is 1. The first-order chi connectivity index (χ1) is 16.6. The van der Waals surface area contributed by atoms with Gasteiger partial charge in [-0.15, -0.1) is 0 Å². The third kappa shape index (κ3) is 4.26. The summed E-state index contributed by atoms with van der Waals surface area (Å²) in [6.07, 6.45) is 3.61. The number of benzene rings is 4. The SMILES string of the molecule is COc1cc2ccccc2cc1C(=O)N/N=C\c1cn(Cc2ccc(F)cc2)c2ccccc12. The predicted octanol–water partition coefficient (Wildman–Crippen LogP) is 5.75. The van der Waals surface area contributed by atoms with E-state index in [-0.39, 0.29) is 11.7 Å². The fraction of sp³-hybridized carbons (Fsp3) is 0.0714. The van der Waals surface area contributed by atoms with Crippen LogP contribution in [0.3, 0.4) is 0 Å². The van der Waals surface area contributed by atoms with Crippen LogP contribution in [-0.4, -0.2) is 23.8 Å². The van der Waals surface area contributed by atoms with Crippen molar-refractivity contribution in [1.82, 2.24) is 9.99 Å². The highest BCUT2D eigenvalue weighted by molar-refractivity contribution is 6.03. The van der Waals surface area contributed by atoms with Gasteiger partial charge >= 0.3 is 0 Å². The summed E-state index contributed by atoms with van der Waals surface area (Å²) in [7, 11) is 1.54. The number of hydrazone groups is 1. The van der Waals surface area contributed by atoms with Crippen LogP contribution in [0.4, 0.5) is 4.39 Å². The summed E-state index contributed by atoms with van der Waals surface area (Å²) in [5.74, 6) is -0.121. The third-order valence-corrected chi connectivity index (χ3v) is 5.77. The van der Waals surface area contributed by atoms with Crippen LogP contribution in [0.25, 0.3) is 21.7 Å². The fourth-order valence-corrected chi connectivity index (χ4v) is 4.08. The van der Waals surface area contributed by atoms with Gasteiger partial charge < -0.3 is 9.30 Å². The zero-order valence-corrected chi connectivity index (χ0v) is 18.5. The second kappa shape index (κ2) is 9.19. The quantitative estimate of drug-likeness (QED) is 0.264. The molecule has 0 atom stereocenters. The van der Waals surface area contributed by atoms with Gasteiger partial charge in [0.1, 0.15) is 11.6 Å². The van der Waals surface area contributed by atoms with E-state index in [1.54, 1.807) is 31.5 Å². The molecule has 0 aliphatic heterocycles. The number of halogens is 1. The third-order valence-electron chi connectivity index (χ3n) is 5.77. The molecule has 1 N–H and O–H groups in total. The van der Waals surface area contributed by atoms with Crippen molar-refractivity contribution >= 4 is 33.8 Å². The van der Waals surface area contributed by atoms with Gasteiger partial charge in [0, 0.05) is 29.2 Å². The molecule has 4 aromatic carbocycles. The van der Waals surface area contributed by atoms with Crippen molar-refractivity contribution in [3.05, 3.63) is 114 Å². The number of rotatable bonds is 6. The number of carbonyl (C=O) groups excluding carboxylic acids is 1. The Morgan fingerprint density at radius 3 is 2.47 bits per heavy atom. The Balaban J connectivity index is 1.40. The van der Waals surface area contributed by atoms with E-state index in [1.807, 2.05) is 60.8 Å². The summed E-state index contributed by atoms with van der Waals surface area (Å²) >= 11 is 0. The minimum atomic E-state index is -0.353. The molecule has 5 rings (SSSR count). The molecule has 1 aromatic heterocycles. The van der Waals surface area contributed by atoms with Gasteiger partial charge in [-0.1, -0.05) is 54.6 Å². The maximum Gasteiger partial charge on any atom is 0.275 e. The van der Waals surface area contributed by atoms with Crippen molar-refractivity contribution in [3.8, 4) is 5.75 Å². The largest absolute Gasteiger partial charge is 0.496 e. The van der Waals surface area contributed by atoms with Gasteiger partial charge in [-0.3, -0.25) is 4.79 Å². The Hall–Kier alpha value is -4.45. The number of fused-ring (bicyclic) bond motifs is 2. The molecular formula is C28H22FN3O2. The zero-order valence-electron chi connectivity index (χ0n) is 18.5. The van der Waals surface area contributed by atoms with Crippen LogP contribution in [0, 0.1) is 5.82 Å². The van der Waals surface area contributed by atoms with E-state index in [9.17, 15) is 9.18 Å². The van der Waals surface area contributed by atoms with E-state index in [2.05, 4.69) is 15.1 Å². The number of aromatic nitrogens is 1. The minimum Gasteiger partial charge on any atom is -0.496 e. The summed E-state index contributed by atoms with van der Waals surface area (Å²) in [5, 5.41) is 7.16. The van der Waals surface area contributed by atoms with Crippen LogP contribution in [0.1, 0.15) is 21.5 Å². The standard InChI is InChI=1S/C28H22FN3O2/c1-34-27-15-21-7-3-2-6-20(21)14-25(27)28(33)31-30-16-22-18-32(26-9-5-4-8-24(22)26)17-19-10-12-23(29)13-11-19/h2-16,18H,17H2,1H3,(H,31,33)/b30-16-. The lowest BCUT2D eigenvalue weighted by Gasteiger charge is -2.09. The van der Waals surface area contributed by atoms with Gasteiger partial charge in [0.15, 0.2) is 0 Å². The molecule has 0 saturated carbocycles. The molecule has 0 radical (unpaired) electrons. The maximum atomic E-state index is 13.3. The molecule has 0 spiro atoms. The Morgan fingerprint density at radius 1 is 1.00 bits per heavy atom. The van der Waals surface area contributed by atoms with Crippen molar-refractivity contribution in [2.75, 3.05) is 7.11 Å². The molecule has 0 bridgehead atoms. The molecule has 0 unspecified atom stereocenters. The smallest absolute Gasteiger partial charge is 0.275 e. The number of carbonyl (C=O) groups is 1. The molecule has 1 amide bonds. The van der Waals surface area contributed by atoms with Crippen LogP contribution >= 0.6 is 0 Å². The highest BCUT2D eigenvalue weighted by Crippen LogP contribution is 2.26. The highest BCUT2D eigenvalue weighted by Gasteiger charge is 2.13. The van der Waals surface area contributed by atoms with Crippen LogP contribution < -0.4 is 10.2 Å². The first kappa shape index (κ1) is 21.4. The molecule has 168 valence electrons. The lowest BCUT2D eigenvalue weighted by molar-refractivity contribution is 0.0952. The van der Waals surface area contributed by atoms with Crippen molar-refractivity contribution < 1.29 is 13.9 Å². The predicted molar refractivity (Wildman–Crippen MR) is 133 cm³/mol. The van der Waals surface area contributed by atoms with Crippen molar-refractivity contribution in [2.45, 2.75) is 6.54 Å². The molecule has 1 heterocycles. The van der Waals surface area contributed by atoms with Gasteiger partial charge in [0.05, 0.1) is 18.9 Å². The van der Waals surface area contributed by atoms with Gasteiger partial charge in [-0.25, -0.2) is 9.82 Å². The van der Waals surface area contributed by atoms with Crippen molar-refractivity contribution in [2.24, 2.45) is 5.10 Å². The summed E-state index contributed by atoms with van der Waals surface area (Å²) in [6.45, 7) is 0.593. The van der Waals surface area contributed by atoms with Crippen LogP contribution in [0.15, 0.2) is 96.2 Å². The van der Waals surface area contributed by atoms with E-state index in [1.165, 1.54) is 12.1 Å². The Morgan fingerprint density at radius 2 is 1.71 bits per heavy atom. The summed E-state index contributed by atoms with van der Waals surface area (Å²) in [5.41, 5.74) is 5.91. The number of para-hydroxylation sites is 1. The molecule has 0 aliphatic carbocycles. The molecule has 6 heteroatoms. The maximum absolute atomic E-state index is 13.3. The average Bonchev–Trinajstić information content (AvgIpc) is 3.21. The normalized spacial score (nSPS) is 11.4. The number of ether oxygens (including phenoxy) is 1. The fourth-order valence-electron chi connectivity index (χ4n) is 4.08. The lowest BCUT2D eigenvalue weighted by atomic mass is 10.1. The van der Waals surface area contributed by atoms with E-state index in [4.69, 9.17) is 4.74 Å². The summed E-state index contributed by atoms with van der Waals surface area (Å²) in [4.78, 5) is 12.9. The van der Waals surface area contributed by atoms with Gasteiger partial charge in [0.25, 0.3) is 5.91 Å². The number of nitrogens with zero attached hydrogens (tertiary/aromatic N) is 2.